The number of hydrogen-bond donors (Lipinski definition) is 2. The maximum Gasteiger partial charge on any atom is 0.191 e. The summed E-state index contributed by atoms with van der Waals surface area (Å²) in [7, 11) is 1.79. The van der Waals surface area contributed by atoms with E-state index in [4.69, 9.17) is 0 Å². The van der Waals surface area contributed by atoms with Gasteiger partial charge in [0.15, 0.2) is 5.96 Å². The summed E-state index contributed by atoms with van der Waals surface area (Å²) < 4.78 is 0. The predicted molar refractivity (Wildman–Crippen MR) is 120 cm³/mol. The van der Waals surface area contributed by atoms with Crippen molar-refractivity contribution in [2.45, 2.75) is 26.4 Å². The third kappa shape index (κ3) is 4.72. The van der Waals surface area contributed by atoms with Crippen molar-refractivity contribution >= 4 is 40.7 Å². The van der Waals surface area contributed by atoms with Gasteiger partial charge in [0.05, 0.1) is 18.3 Å². The smallest absolute Gasteiger partial charge is 0.191 e. The van der Waals surface area contributed by atoms with E-state index < -0.39 is 0 Å². The van der Waals surface area contributed by atoms with E-state index >= 15 is 0 Å². The molecule has 2 aromatic carbocycles. The minimum Gasteiger partial charge on any atom is -0.351 e. The Hall–Kier alpha value is -2.15. The van der Waals surface area contributed by atoms with Crippen molar-refractivity contribution in [3.63, 3.8) is 0 Å². The van der Waals surface area contributed by atoms with Crippen molar-refractivity contribution in [1.82, 2.24) is 15.6 Å². The molecule has 3 rings (SSSR count). The van der Waals surface area contributed by atoms with Crippen molar-refractivity contribution < 1.29 is 0 Å². The fourth-order valence-corrected chi connectivity index (χ4v) is 2.98. The van der Waals surface area contributed by atoms with Crippen LogP contribution in [0.4, 0.5) is 0 Å². The molecule has 0 aliphatic heterocycles. The fraction of sp³-hybridized carbons (Fsp3) is 0.238. The highest BCUT2D eigenvalue weighted by Crippen LogP contribution is 2.23. The summed E-state index contributed by atoms with van der Waals surface area (Å²) in [5.74, 6) is 0.769. The second kappa shape index (κ2) is 9.52. The summed E-state index contributed by atoms with van der Waals surface area (Å²) in [6.45, 7) is 4.87. The summed E-state index contributed by atoms with van der Waals surface area (Å²) in [5.41, 5.74) is 3.46. The van der Waals surface area contributed by atoms with Crippen molar-refractivity contribution in [1.29, 1.82) is 0 Å². The summed E-state index contributed by atoms with van der Waals surface area (Å²) >= 11 is 0. The Morgan fingerprint density at radius 2 is 1.85 bits per heavy atom. The third-order valence-electron chi connectivity index (χ3n) is 4.41. The molecule has 0 amide bonds. The zero-order valence-electron chi connectivity index (χ0n) is 15.4. The predicted octanol–water partition coefficient (Wildman–Crippen LogP) is 4.59. The minimum absolute atomic E-state index is 0. The van der Waals surface area contributed by atoms with Crippen LogP contribution >= 0.6 is 24.0 Å². The average Bonchev–Trinajstić information content (AvgIpc) is 2.65. The minimum atomic E-state index is 0. The van der Waals surface area contributed by atoms with Crippen LogP contribution in [-0.4, -0.2) is 18.0 Å². The quantitative estimate of drug-likeness (QED) is 0.340. The van der Waals surface area contributed by atoms with Crippen LogP contribution in [0.15, 0.2) is 65.8 Å². The van der Waals surface area contributed by atoms with Crippen LogP contribution in [0.25, 0.3) is 10.8 Å². The van der Waals surface area contributed by atoms with E-state index in [0.717, 1.165) is 11.7 Å². The number of rotatable bonds is 4. The number of fused-ring (bicyclic) bond motifs is 1. The molecule has 136 valence electrons. The molecule has 1 aromatic heterocycles. The molecule has 0 aliphatic carbocycles. The highest BCUT2D eigenvalue weighted by Gasteiger charge is 2.11. The summed E-state index contributed by atoms with van der Waals surface area (Å²) in [4.78, 5) is 8.76. The van der Waals surface area contributed by atoms with Gasteiger partial charge in [-0.1, -0.05) is 48.5 Å². The maximum atomic E-state index is 4.42. The van der Waals surface area contributed by atoms with Gasteiger partial charge >= 0.3 is 0 Å². The standard InChI is InChI=1S/C21H24N4.HI/c1-15-8-7-13-23-20(15)14-24-21(22-3)25-16(2)18-12-6-10-17-9-4-5-11-19(17)18;/h4-13,16H,14H2,1-3H3,(H2,22,24,25);1H. The van der Waals surface area contributed by atoms with Gasteiger partial charge in [-0.2, -0.15) is 0 Å². The lowest BCUT2D eigenvalue weighted by molar-refractivity contribution is 0.686. The molecule has 0 saturated carbocycles. The molecular formula is C21H25IN4. The van der Waals surface area contributed by atoms with Gasteiger partial charge in [-0.05, 0) is 41.8 Å². The SMILES string of the molecule is CN=C(NCc1ncccc1C)NC(C)c1cccc2ccccc12.I. The van der Waals surface area contributed by atoms with E-state index in [1.807, 2.05) is 12.3 Å². The summed E-state index contributed by atoms with van der Waals surface area (Å²) in [5, 5.41) is 9.34. The lowest BCUT2D eigenvalue weighted by atomic mass is 10.00. The first-order valence-electron chi connectivity index (χ1n) is 8.54. The van der Waals surface area contributed by atoms with Crippen molar-refractivity contribution in [2.75, 3.05) is 7.05 Å². The molecule has 26 heavy (non-hydrogen) atoms. The van der Waals surface area contributed by atoms with E-state index in [1.165, 1.54) is 21.9 Å². The maximum absolute atomic E-state index is 4.42. The normalized spacial score (nSPS) is 12.3. The van der Waals surface area contributed by atoms with Crippen LogP contribution in [0.1, 0.15) is 29.8 Å². The largest absolute Gasteiger partial charge is 0.351 e. The second-order valence-corrected chi connectivity index (χ2v) is 6.13. The molecule has 0 spiro atoms. The lowest BCUT2D eigenvalue weighted by Crippen LogP contribution is -2.38. The zero-order valence-corrected chi connectivity index (χ0v) is 17.7. The van der Waals surface area contributed by atoms with Crippen LogP contribution in [0, 0.1) is 6.92 Å². The number of pyridine rings is 1. The molecular weight excluding hydrogens is 435 g/mol. The molecule has 0 fully saturated rings. The van der Waals surface area contributed by atoms with Gasteiger partial charge in [0.25, 0.3) is 0 Å². The van der Waals surface area contributed by atoms with E-state index in [9.17, 15) is 0 Å². The molecule has 5 heteroatoms. The zero-order chi connectivity index (χ0) is 17.6. The molecule has 0 radical (unpaired) electrons. The Kier molecular flexibility index (Phi) is 7.38. The van der Waals surface area contributed by atoms with E-state index in [2.05, 4.69) is 83.0 Å². The van der Waals surface area contributed by atoms with Gasteiger partial charge in [-0.3, -0.25) is 9.98 Å². The Bertz CT molecular complexity index is 887. The number of hydrogen-bond acceptors (Lipinski definition) is 2. The van der Waals surface area contributed by atoms with Crippen LogP contribution in [0.2, 0.25) is 0 Å². The van der Waals surface area contributed by atoms with Crippen molar-refractivity contribution in [3.8, 4) is 0 Å². The van der Waals surface area contributed by atoms with Gasteiger partial charge in [0.2, 0.25) is 0 Å². The van der Waals surface area contributed by atoms with E-state index in [-0.39, 0.29) is 30.0 Å². The van der Waals surface area contributed by atoms with Crippen LogP contribution in [-0.2, 0) is 6.54 Å². The number of nitrogens with one attached hydrogen (secondary N) is 2. The average molecular weight is 460 g/mol. The fourth-order valence-electron chi connectivity index (χ4n) is 2.98. The lowest BCUT2D eigenvalue weighted by Gasteiger charge is -2.20. The third-order valence-corrected chi connectivity index (χ3v) is 4.41. The van der Waals surface area contributed by atoms with Crippen LogP contribution in [0.3, 0.4) is 0 Å². The number of aryl methyl sites for hydroxylation is 1. The van der Waals surface area contributed by atoms with Gasteiger partial charge in [0.1, 0.15) is 0 Å². The molecule has 1 atom stereocenters. The topological polar surface area (TPSA) is 49.3 Å². The Morgan fingerprint density at radius 3 is 2.62 bits per heavy atom. The first-order valence-corrected chi connectivity index (χ1v) is 8.54. The Balaban J connectivity index is 0.00000243. The molecule has 0 bridgehead atoms. The number of nitrogens with zero attached hydrogens (tertiary/aromatic N) is 2. The van der Waals surface area contributed by atoms with Crippen LogP contribution in [0.5, 0.6) is 0 Å². The molecule has 0 aliphatic rings. The second-order valence-electron chi connectivity index (χ2n) is 6.13. The summed E-state index contributed by atoms with van der Waals surface area (Å²) in [6, 6.07) is 19.0. The Morgan fingerprint density at radius 1 is 1.08 bits per heavy atom. The number of aliphatic imine (C=N–C) groups is 1. The number of halogens is 1. The van der Waals surface area contributed by atoms with E-state index in [1.54, 1.807) is 7.05 Å². The Labute approximate surface area is 172 Å². The molecule has 4 nitrogen and oxygen atoms in total. The van der Waals surface area contributed by atoms with Gasteiger partial charge in [0, 0.05) is 13.2 Å². The molecule has 1 unspecified atom stereocenters. The highest BCUT2D eigenvalue weighted by molar-refractivity contribution is 14.0. The van der Waals surface area contributed by atoms with Crippen molar-refractivity contribution in [3.05, 3.63) is 77.6 Å². The molecule has 2 N–H and O–H groups in total. The van der Waals surface area contributed by atoms with Gasteiger partial charge in [-0.25, -0.2) is 0 Å². The van der Waals surface area contributed by atoms with E-state index in [0.29, 0.717) is 6.54 Å². The molecule has 3 aromatic rings. The monoisotopic (exact) mass is 460 g/mol. The first-order chi connectivity index (χ1) is 12.2. The molecule has 0 saturated heterocycles. The summed E-state index contributed by atoms with van der Waals surface area (Å²) in [6.07, 6.45) is 1.82. The number of guanidine groups is 1. The molecule has 1 heterocycles. The van der Waals surface area contributed by atoms with Crippen LogP contribution < -0.4 is 10.6 Å². The highest BCUT2D eigenvalue weighted by atomic mass is 127. The number of aromatic nitrogens is 1. The first kappa shape index (κ1) is 20.2. The van der Waals surface area contributed by atoms with Crippen molar-refractivity contribution in [2.24, 2.45) is 4.99 Å². The van der Waals surface area contributed by atoms with Gasteiger partial charge < -0.3 is 10.6 Å². The number of benzene rings is 2. The van der Waals surface area contributed by atoms with Gasteiger partial charge in [-0.15, -0.1) is 24.0 Å².